The predicted molar refractivity (Wildman–Crippen MR) is 66.4 cm³/mol. The zero-order valence-electron chi connectivity index (χ0n) is 9.77. The van der Waals surface area contributed by atoms with Crippen molar-refractivity contribution in [2.45, 2.75) is 13.8 Å². The summed E-state index contributed by atoms with van der Waals surface area (Å²) in [6.45, 7) is 4.00. The van der Waals surface area contributed by atoms with Gasteiger partial charge in [-0.25, -0.2) is 5.10 Å². The van der Waals surface area contributed by atoms with Crippen molar-refractivity contribution in [3.63, 3.8) is 0 Å². The van der Waals surface area contributed by atoms with Crippen LogP contribution in [0, 0.1) is 11.3 Å². The molecule has 0 aliphatic carbocycles. The summed E-state index contributed by atoms with van der Waals surface area (Å²) in [7, 11) is 0. The van der Waals surface area contributed by atoms with E-state index in [1.54, 1.807) is 24.3 Å². The minimum absolute atomic E-state index is 0.241. The number of hydrogen-bond donors (Lipinski definition) is 1. The second kappa shape index (κ2) is 6.23. The largest absolute Gasteiger partial charge is 0.268 e. The minimum atomic E-state index is -0.241. The van der Waals surface area contributed by atoms with Gasteiger partial charge in [-0.15, -0.1) is 0 Å². The van der Waals surface area contributed by atoms with Crippen LogP contribution in [0.25, 0.3) is 11.3 Å². The molecule has 1 heterocycles. The third kappa shape index (κ3) is 3.28. The van der Waals surface area contributed by atoms with E-state index in [1.807, 2.05) is 26.0 Å². The average molecular weight is 227 g/mol. The van der Waals surface area contributed by atoms with E-state index >= 15 is 0 Å². The number of aromatic amines is 1. The smallest absolute Gasteiger partial charge is 0.264 e. The van der Waals surface area contributed by atoms with Gasteiger partial charge < -0.3 is 0 Å². The van der Waals surface area contributed by atoms with Gasteiger partial charge >= 0.3 is 0 Å². The fourth-order valence-electron chi connectivity index (χ4n) is 1.25. The molecule has 86 valence electrons. The molecular weight excluding hydrogens is 214 g/mol. The second-order valence-corrected chi connectivity index (χ2v) is 3.00. The van der Waals surface area contributed by atoms with Gasteiger partial charge in [0, 0.05) is 11.6 Å². The summed E-state index contributed by atoms with van der Waals surface area (Å²) in [6.07, 6.45) is 0. The van der Waals surface area contributed by atoms with Gasteiger partial charge in [-0.05, 0) is 18.2 Å². The second-order valence-electron chi connectivity index (χ2n) is 3.00. The molecule has 0 fully saturated rings. The lowest BCUT2D eigenvalue weighted by molar-refractivity contribution is 0.995. The van der Waals surface area contributed by atoms with Crippen molar-refractivity contribution in [1.82, 2.24) is 10.2 Å². The van der Waals surface area contributed by atoms with Crippen LogP contribution in [0.5, 0.6) is 0 Å². The lowest BCUT2D eigenvalue weighted by Crippen LogP contribution is -2.05. The van der Waals surface area contributed by atoms with Crippen molar-refractivity contribution in [1.29, 1.82) is 5.26 Å². The lowest BCUT2D eigenvalue weighted by Gasteiger charge is -1.98. The van der Waals surface area contributed by atoms with Crippen LogP contribution in [0.3, 0.4) is 0 Å². The molecule has 4 nitrogen and oxygen atoms in total. The van der Waals surface area contributed by atoms with E-state index < -0.39 is 0 Å². The van der Waals surface area contributed by atoms with Crippen LogP contribution < -0.4 is 5.56 Å². The summed E-state index contributed by atoms with van der Waals surface area (Å²) in [4.78, 5) is 10.8. The maximum absolute atomic E-state index is 10.8. The Morgan fingerprint density at radius 1 is 1.24 bits per heavy atom. The van der Waals surface area contributed by atoms with Gasteiger partial charge in [-0.2, -0.15) is 10.4 Å². The summed E-state index contributed by atoms with van der Waals surface area (Å²) in [5.41, 5.74) is 1.78. The van der Waals surface area contributed by atoms with Crippen molar-refractivity contribution in [2.24, 2.45) is 0 Å². The fourth-order valence-corrected chi connectivity index (χ4v) is 1.25. The molecule has 2 rings (SSSR count). The van der Waals surface area contributed by atoms with Crippen LogP contribution in [0.1, 0.15) is 19.4 Å². The van der Waals surface area contributed by atoms with Gasteiger partial charge in [0.25, 0.3) is 5.56 Å². The van der Waals surface area contributed by atoms with E-state index in [2.05, 4.69) is 10.2 Å². The molecule has 0 amide bonds. The highest BCUT2D eigenvalue weighted by Gasteiger charge is 1.99. The molecule has 17 heavy (non-hydrogen) atoms. The first-order chi connectivity index (χ1) is 8.29. The van der Waals surface area contributed by atoms with Gasteiger partial charge in [-0.1, -0.05) is 26.0 Å². The number of benzene rings is 1. The minimum Gasteiger partial charge on any atom is -0.268 e. The monoisotopic (exact) mass is 227 g/mol. The Hall–Kier alpha value is -2.41. The molecule has 0 radical (unpaired) electrons. The SMILES string of the molecule is CC.N#Cc1cccc(-c2ccc(=O)[nH]n2)c1. The van der Waals surface area contributed by atoms with E-state index in [0.717, 1.165) is 5.56 Å². The molecule has 0 aliphatic heterocycles. The first-order valence-corrected chi connectivity index (χ1v) is 5.36. The van der Waals surface area contributed by atoms with Crippen LogP contribution in [0.4, 0.5) is 0 Å². The molecule has 0 bridgehead atoms. The molecule has 0 unspecified atom stereocenters. The summed E-state index contributed by atoms with van der Waals surface area (Å²) in [6, 6.07) is 12.1. The van der Waals surface area contributed by atoms with Crippen LogP contribution in [-0.2, 0) is 0 Å². The molecule has 0 spiro atoms. The van der Waals surface area contributed by atoms with E-state index in [0.29, 0.717) is 11.3 Å². The summed E-state index contributed by atoms with van der Waals surface area (Å²) in [5.74, 6) is 0. The number of nitrogens with zero attached hydrogens (tertiary/aromatic N) is 2. The van der Waals surface area contributed by atoms with Crippen molar-refractivity contribution in [3.8, 4) is 17.3 Å². The molecule has 4 heteroatoms. The Morgan fingerprint density at radius 2 is 2.00 bits per heavy atom. The van der Waals surface area contributed by atoms with Crippen molar-refractivity contribution in [3.05, 3.63) is 52.3 Å². The summed E-state index contributed by atoms with van der Waals surface area (Å²) in [5, 5.41) is 14.9. The number of aromatic nitrogens is 2. The number of nitriles is 1. The van der Waals surface area contributed by atoms with Gasteiger partial charge in [0.15, 0.2) is 0 Å². The first kappa shape index (κ1) is 12.7. The van der Waals surface area contributed by atoms with Crippen LogP contribution in [0.2, 0.25) is 0 Å². The van der Waals surface area contributed by atoms with Crippen molar-refractivity contribution >= 4 is 0 Å². The Kier molecular flexibility index (Phi) is 4.64. The maximum Gasteiger partial charge on any atom is 0.264 e. The van der Waals surface area contributed by atoms with Crippen LogP contribution in [0.15, 0.2) is 41.2 Å². The van der Waals surface area contributed by atoms with E-state index in [4.69, 9.17) is 5.26 Å². The predicted octanol–water partition coefficient (Wildman–Crippen LogP) is 2.33. The molecule has 0 saturated heterocycles. The normalized spacial score (nSPS) is 8.76. The van der Waals surface area contributed by atoms with Gasteiger partial charge in [0.05, 0.1) is 17.3 Å². The number of H-pyrrole nitrogens is 1. The average Bonchev–Trinajstić information content (AvgIpc) is 2.42. The third-order valence-corrected chi connectivity index (χ3v) is 1.97. The lowest BCUT2D eigenvalue weighted by atomic mass is 10.1. The molecular formula is C13H13N3O. The third-order valence-electron chi connectivity index (χ3n) is 1.97. The number of nitrogens with one attached hydrogen (secondary N) is 1. The Morgan fingerprint density at radius 3 is 2.59 bits per heavy atom. The molecule has 2 aromatic rings. The molecule has 0 aliphatic rings. The Balaban J connectivity index is 0.000000686. The van der Waals surface area contributed by atoms with E-state index in [9.17, 15) is 4.79 Å². The Bertz CT molecular complexity index is 561. The van der Waals surface area contributed by atoms with Gasteiger partial charge in [0.1, 0.15) is 0 Å². The molecule has 1 N–H and O–H groups in total. The molecule has 1 aromatic heterocycles. The highest BCUT2D eigenvalue weighted by atomic mass is 16.1. The standard InChI is InChI=1S/C11H7N3O.C2H6/c12-7-8-2-1-3-9(6-8)10-4-5-11(15)14-13-10;1-2/h1-6H,(H,14,15);1-2H3. The van der Waals surface area contributed by atoms with Gasteiger partial charge in [-0.3, -0.25) is 4.79 Å². The van der Waals surface area contributed by atoms with Crippen LogP contribution >= 0.6 is 0 Å². The summed E-state index contributed by atoms with van der Waals surface area (Å²) >= 11 is 0. The first-order valence-electron chi connectivity index (χ1n) is 5.36. The molecule has 0 atom stereocenters. The van der Waals surface area contributed by atoms with Gasteiger partial charge in [0.2, 0.25) is 0 Å². The van der Waals surface area contributed by atoms with Crippen molar-refractivity contribution in [2.75, 3.05) is 0 Å². The van der Waals surface area contributed by atoms with E-state index in [1.165, 1.54) is 6.07 Å². The highest BCUT2D eigenvalue weighted by molar-refractivity contribution is 5.60. The highest BCUT2D eigenvalue weighted by Crippen LogP contribution is 2.15. The molecule has 0 saturated carbocycles. The molecule has 1 aromatic carbocycles. The zero-order valence-corrected chi connectivity index (χ0v) is 9.77. The topological polar surface area (TPSA) is 69.5 Å². The maximum atomic E-state index is 10.8. The Labute approximate surface area is 99.6 Å². The fraction of sp³-hybridized carbons (Fsp3) is 0.154. The zero-order chi connectivity index (χ0) is 12.7. The number of hydrogen-bond acceptors (Lipinski definition) is 3. The number of rotatable bonds is 1. The summed E-state index contributed by atoms with van der Waals surface area (Å²) < 4.78 is 0. The van der Waals surface area contributed by atoms with E-state index in [-0.39, 0.29) is 5.56 Å². The van der Waals surface area contributed by atoms with Crippen LogP contribution in [-0.4, -0.2) is 10.2 Å². The quantitative estimate of drug-likeness (QED) is 0.812. The van der Waals surface area contributed by atoms with Crippen molar-refractivity contribution < 1.29 is 0 Å².